The van der Waals surface area contributed by atoms with Crippen LogP contribution in [0.2, 0.25) is 5.02 Å². The first-order chi connectivity index (χ1) is 19.5. The van der Waals surface area contributed by atoms with Gasteiger partial charge in [0.1, 0.15) is 11.2 Å². The topological polar surface area (TPSA) is 128 Å². The minimum Gasteiger partial charge on any atom is -0.384 e. The van der Waals surface area contributed by atoms with Gasteiger partial charge in [-0.3, -0.25) is 4.98 Å². The summed E-state index contributed by atoms with van der Waals surface area (Å²) in [7, 11) is 0. The molecule has 1 N–H and O–H groups in total. The number of H-pyrrole nitrogens is 1. The van der Waals surface area contributed by atoms with Gasteiger partial charge in [0.25, 0.3) is 5.89 Å². The molecule has 4 aromatic heterocycles. The Kier molecular flexibility index (Phi) is 6.79. The van der Waals surface area contributed by atoms with Crippen LogP contribution in [-0.4, -0.2) is 60.0 Å². The van der Waals surface area contributed by atoms with Crippen molar-refractivity contribution in [1.82, 2.24) is 34.7 Å². The monoisotopic (exact) mass is 564 g/mol. The Labute approximate surface area is 236 Å². The third-order valence-electron chi connectivity index (χ3n) is 8.76. The lowest BCUT2D eigenvalue weighted by molar-refractivity contribution is -0.00958. The number of aromatic nitrogens is 7. The fourth-order valence-electron chi connectivity index (χ4n) is 6.70. The van der Waals surface area contributed by atoms with Crippen LogP contribution in [0.1, 0.15) is 58.3 Å². The third-order valence-corrected chi connectivity index (χ3v) is 8.96. The fourth-order valence-corrected chi connectivity index (χ4v) is 6.87. The molecule has 4 aromatic rings. The molecule has 0 amide bonds. The molecular weight excluding hydrogens is 532 g/mol. The van der Waals surface area contributed by atoms with E-state index in [9.17, 15) is 4.79 Å². The smallest absolute Gasteiger partial charge is 0.384 e. The normalized spacial score (nSPS) is 25.3. The first kappa shape index (κ1) is 25.6. The Hall–Kier alpha value is -3.31. The molecule has 0 radical (unpaired) electrons. The lowest BCUT2D eigenvalue weighted by Gasteiger charge is -2.44. The van der Waals surface area contributed by atoms with Crippen molar-refractivity contribution in [3.63, 3.8) is 0 Å². The second-order valence-corrected chi connectivity index (χ2v) is 11.9. The molecule has 12 heteroatoms. The van der Waals surface area contributed by atoms with Gasteiger partial charge in [-0.2, -0.15) is 4.98 Å². The SMILES string of the molecule is C[C@H]1CC[C@H](Cn2c(N3CCO[C@@H]4CCCC[C@@H]43)nc3nc(-c4n[nH]c(=O)o4)nc(-c4cncc(Cl)c4)c32)CC1. The molecule has 2 aliphatic carbocycles. The van der Waals surface area contributed by atoms with E-state index in [4.69, 9.17) is 35.7 Å². The summed E-state index contributed by atoms with van der Waals surface area (Å²) in [6, 6.07) is 2.11. The van der Waals surface area contributed by atoms with Gasteiger partial charge < -0.3 is 18.6 Å². The number of nitrogens with one attached hydrogen (secondary N) is 1. The van der Waals surface area contributed by atoms with Crippen molar-refractivity contribution in [2.24, 2.45) is 11.8 Å². The van der Waals surface area contributed by atoms with E-state index in [0.717, 1.165) is 48.9 Å². The lowest BCUT2D eigenvalue weighted by atomic mass is 9.83. The number of anilines is 1. The first-order valence-corrected chi connectivity index (χ1v) is 14.7. The van der Waals surface area contributed by atoms with E-state index in [1.165, 1.54) is 38.5 Å². The quantitative estimate of drug-likeness (QED) is 0.361. The van der Waals surface area contributed by atoms with Crippen LogP contribution in [0.3, 0.4) is 0 Å². The summed E-state index contributed by atoms with van der Waals surface area (Å²) < 4.78 is 13.8. The Morgan fingerprint density at radius 3 is 2.73 bits per heavy atom. The maximum Gasteiger partial charge on any atom is 0.434 e. The predicted octanol–water partition coefficient (Wildman–Crippen LogP) is 4.86. The van der Waals surface area contributed by atoms with Crippen molar-refractivity contribution >= 4 is 28.7 Å². The number of imidazole rings is 1. The highest BCUT2D eigenvalue weighted by molar-refractivity contribution is 6.30. The molecule has 11 nitrogen and oxygen atoms in total. The summed E-state index contributed by atoms with van der Waals surface area (Å²) in [4.78, 5) is 33.4. The summed E-state index contributed by atoms with van der Waals surface area (Å²) in [6.45, 7) is 4.62. The molecule has 40 heavy (non-hydrogen) atoms. The van der Waals surface area contributed by atoms with Crippen LogP contribution in [-0.2, 0) is 11.3 Å². The third kappa shape index (κ3) is 4.79. The summed E-state index contributed by atoms with van der Waals surface area (Å²) in [5, 5.41) is 6.80. The number of ether oxygens (including phenoxy) is 1. The number of fused-ring (bicyclic) bond motifs is 2. The molecule has 3 aliphatic rings. The molecule has 0 bridgehead atoms. The summed E-state index contributed by atoms with van der Waals surface area (Å²) >= 11 is 6.39. The molecule has 1 aliphatic heterocycles. The summed E-state index contributed by atoms with van der Waals surface area (Å²) in [5.41, 5.74) is 2.74. The second kappa shape index (κ2) is 10.6. The van der Waals surface area contributed by atoms with Crippen LogP contribution in [0, 0.1) is 11.8 Å². The van der Waals surface area contributed by atoms with Crippen molar-refractivity contribution in [1.29, 1.82) is 0 Å². The van der Waals surface area contributed by atoms with Gasteiger partial charge in [-0.05, 0) is 43.6 Å². The van der Waals surface area contributed by atoms with Gasteiger partial charge in [0, 0.05) is 31.0 Å². The number of aromatic amines is 1. The molecule has 210 valence electrons. The molecule has 0 aromatic carbocycles. The highest BCUT2D eigenvalue weighted by atomic mass is 35.5. The van der Waals surface area contributed by atoms with Crippen LogP contribution in [0.15, 0.2) is 27.7 Å². The number of hydrogen-bond acceptors (Lipinski definition) is 9. The van der Waals surface area contributed by atoms with Gasteiger partial charge in [-0.1, -0.05) is 44.2 Å². The maximum absolute atomic E-state index is 11.8. The number of morpholine rings is 1. The Morgan fingerprint density at radius 1 is 1.07 bits per heavy atom. The number of pyridine rings is 1. The molecule has 0 unspecified atom stereocenters. The zero-order valence-electron chi connectivity index (χ0n) is 22.6. The van der Waals surface area contributed by atoms with E-state index < -0.39 is 5.76 Å². The van der Waals surface area contributed by atoms with Crippen LogP contribution >= 0.6 is 11.6 Å². The minimum absolute atomic E-state index is 0.0132. The first-order valence-electron chi connectivity index (χ1n) is 14.4. The van der Waals surface area contributed by atoms with E-state index in [1.807, 2.05) is 6.07 Å². The van der Waals surface area contributed by atoms with Gasteiger partial charge in [0.15, 0.2) is 5.65 Å². The second-order valence-electron chi connectivity index (χ2n) is 11.5. The van der Waals surface area contributed by atoms with Crippen molar-refractivity contribution in [2.75, 3.05) is 18.1 Å². The van der Waals surface area contributed by atoms with Crippen LogP contribution in [0.4, 0.5) is 5.95 Å². The van der Waals surface area contributed by atoms with Crippen LogP contribution in [0.5, 0.6) is 0 Å². The molecule has 7 rings (SSSR count). The fraction of sp³-hybridized carbons (Fsp3) is 0.571. The molecule has 2 saturated carbocycles. The van der Waals surface area contributed by atoms with Crippen molar-refractivity contribution in [3.8, 4) is 23.0 Å². The van der Waals surface area contributed by atoms with Gasteiger partial charge in [-0.25, -0.2) is 19.9 Å². The number of rotatable bonds is 5. The highest BCUT2D eigenvalue weighted by Crippen LogP contribution is 2.38. The molecule has 0 spiro atoms. The van der Waals surface area contributed by atoms with E-state index in [1.54, 1.807) is 12.4 Å². The zero-order chi connectivity index (χ0) is 27.2. The molecule has 1 saturated heterocycles. The van der Waals surface area contributed by atoms with E-state index in [2.05, 4.69) is 31.6 Å². The molecule has 3 fully saturated rings. The lowest BCUT2D eigenvalue weighted by Crippen LogP contribution is -2.53. The van der Waals surface area contributed by atoms with Crippen molar-refractivity contribution in [2.45, 2.75) is 77.0 Å². The van der Waals surface area contributed by atoms with Crippen LogP contribution in [0.25, 0.3) is 34.1 Å². The number of nitrogens with zero attached hydrogens (tertiary/aromatic N) is 7. The minimum atomic E-state index is -0.668. The van der Waals surface area contributed by atoms with Gasteiger partial charge in [0.2, 0.25) is 11.8 Å². The predicted molar refractivity (Wildman–Crippen MR) is 150 cm³/mol. The average Bonchev–Trinajstić information content (AvgIpc) is 3.57. The standard InChI is InChI=1S/C28H33ClN8O3/c1-16-6-8-17(9-7-16)15-37-23-22(18-12-19(29)14-30-13-18)31-25(26-34-35-28(38)40-26)32-24(23)33-27(37)36-10-11-39-21-5-3-2-4-20(21)36/h12-14,16-17,20-21H,2-11,15H2,1H3,(H,35,38)/t16-,17-,20-,21+/m0/s1. The molecule has 5 heterocycles. The summed E-state index contributed by atoms with van der Waals surface area (Å²) in [6.07, 6.45) is 12.9. The Balaban J connectivity index is 1.44. The highest BCUT2D eigenvalue weighted by Gasteiger charge is 2.37. The number of halogens is 1. The van der Waals surface area contributed by atoms with Gasteiger partial charge >= 0.3 is 5.76 Å². The number of hydrogen-bond donors (Lipinski definition) is 1. The largest absolute Gasteiger partial charge is 0.434 e. The van der Waals surface area contributed by atoms with Crippen molar-refractivity contribution in [3.05, 3.63) is 34.0 Å². The van der Waals surface area contributed by atoms with Gasteiger partial charge in [0.05, 0.1) is 23.8 Å². The van der Waals surface area contributed by atoms with Crippen LogP contribution < -0.4 is 10.7 Å². The van der Waals surface area contributed by atoms with Crippen molar-refractivity contribution < 1.29 is 9.15 Å². The Morgan fingerprint density at radius 2 is 1.93 bits per heavy atom. The van der Waals surface area contributed by atoms with Gasteiger partial charge in [-0.15, -0.1) is 5.10 Å². The molecular formula is C28H33ClN8O3. The summed E-state index contributed by atoms with van der Waals surface area (Å²) in [5.74, 6) is 1.73. The average molecular weight is 565 g/mol. The van der Waals surface area contributed by atoms with E-state index in [0.29, 0.717) is 28.9 Å². The van der Waals surface area contributed by atoms with E-state index >= 15 is 0 Å². The van der Waals surface area contributed by atoms with E-state index in [-0.39, 0.29) is 23.9 Å². The Bertz CT molecular complexity index is 1570. The maximum atomic E-state index is 11.8. The zero-order valence-corrected chi connectivity index (χ0v) is 23.3. The molecule has 2 atom stereocenters.